The molecule has 0 radical (unpaired) electrons. The van der Waals surface area contributed by atoms with Crippen LogP contribution in [0.5, 0.6) is 0 Å². The summed E-state index contributed by atoms with van der Waals surface area (Å²) in [7, 11) is 2.15. The van der Waals surface area contributed by atoms with Gasteiger partial charge in [0, 0.05) is 31.9 Å². The Labute approximate surface area is 169 Å². The minimum Gasteiger partial charge on any atom is -0.368 e. The lowest BCUT2D eigenvalue weighted by Crippen LogP contribution is -2.44. The topological polar surface area (TPSA) is 69.2 Å². The van der Waals surface area contributed by atoms with Gasteiger partial charge in [0.25, 0.3) is 0 Å². The van der Waals surface area contributed by atoms with Gasteiger partial charge in [-0.2, -0.15) is 4.98 Å². The second-order valence-corrected chi connectivity index (χ2v) is 7.11. The molecule has 2 N–H and O–H groups in total. The normalized spacial score (nSPS) is 14.7. The summed E-state index contributed by atoms with van der Waals surface area (Å²) in [5, 5.41) is 6.79. The van der Waals surface area contributed by atoms with Gasteiger partial charge in [0.05, 0.1) is 18.1 Å². The molecule has 0 atom stereocenters. The quantitative estimate of drug-likeness (QED) is 0.681. The summed E-state index contributed by atoms with van der Waals surface area (Å²) in [5.41, 5.74) is 2.03. The molecule has 1 aliphatic heterocycles. The van der Waals surface area contributed by atoms with E-state index in [1.165, 1.54) is 0 Å². The third kappa shape index (κ3) is 4.49. The van der Waals surface area contributed by atoms with Gasteiger partial charge in [-0.25, -0.2) is 9.97 Å². The Bertz CT molecular complexity index is 910. The maximum atomic E-state index is 6.23. The van der Waals surface area contributed by atoms with Gasteiger partial charge >= 0.3 is 0 Å². The third-order valence-corrected chi connectivity index (χ3v) is 4.91. The number of aromatic nitrogens is 3. The van der Waals surface area contributed by atoms with E-state index in [1.807, 2.05) is 42.6 Å². The maximum absolute atomic E-state index is 6.23. The first-order valence-electron chi connectivity index (χ1n) is 9.18. The van der Waals surface area contributed by atoms with Gasteiger partial charge in [-0.05, 0) is 31.3 Å². The number of nitrogens with one attached hydrogen (secondary N) is 2. The number of hydrogen-bond acceptors (Lipinski definition) is 7. The molecule has 0 bridgehead atoms. The number of rotatable bonds is 5. The van der Waals surface area contributed by atoms with Crippen molar-refractivity contribution in [2.45, 2.75) is 0 Å². The molecule has 0 unspecified atom stereocenters. The van der Waals surface area contributed by atoms with E-state index < -0.39 is 0 Å². The molecule has 2 aromatic heterocycles. The Hall–Kier alpha value is -2.90. The van der Waals surface area contributed by atoms with Crippen LogP contribution in [0.25, 0.3) is 0 Å². The molecule has 1 aliphatic rings. The summed E-state index contributed by atoms with van der Waals surface area (Å²) in [5.74, 6) is 1.66. The highest BCUT2D eigenvalue weighted by atomic mass is 35.5. The minimum absolute atomic E-state index is 0.433. The van der Waals surface area contributed by atoms with Crippen LogP contribution in [0.15, 0.2) is 54.9 Å². The van der Waals surface area contributed by atoms with Gasteiger partial charge in [0.15, 0.2) is 5.82 Å². The van der Waals surface area contributed by atoms with Crippen molar-refractivity contribution in [3.05, 3.63) is 59.9 Å². The van der Waals surface area contributed by atoms with Crippen LogP contribution < -0.4 is 15.5 Å². The smallest absolute Gasteiger partial charge is 0.230 e. The molecule has 3 aromatic rings. The summed E-state index contributed by atoms with van der Waals surface area (Å²) in [6.07, 6.45) is 3.45. The zero-order valence-electron chi connectivity index (χ0n) is 15.6. The van der Waals surface area contributed by atoms with Gasteiger partial charge in [0.2, 0.25) is 5.95 Å². The van der Waals surface area contributed by atoms with Crippen LogP contribution in [0.3, 0.4) is 0 Å². The molecule has 8 heteroatoms. The Balaban J connectivity index is 1.44. The SMILES string of the molecule is CN1CCN(c2ccc(Nc3ncc(Cl)c(Nc4ccccc4)n3)nc2)CC1. The summed E-state index contributed by atoms with van der Waals surface area (Å²) in [4.78, 5) is 17.9. The lowest BCUT2D eigenvalue weighted by molar-refractivity contribution is 0.313. The van der Waals surface area contributed by atoms with E-state index in [0.717, 1.165) is 37.6 Å². The number of hydrogen-bond donors (Lipinski definition) is 2. The van der Waals surface area contributed by atoms with Gasteiger partial charge in [-0.3, -0.25) is 0 Å². The van der Waals surface area contributed by atoms with Gasteiger partial charge < -0.3 is 20.4 Å². The molecule has 144 valence electrons. The number of pyridine rings is 1. The molecule has 1 fully saturated rings. The Morgan fingerprint density at radius 1 is 0.893 bits per heavy atom. The van der Waals surface area contributed by atoms with Gasteiger partial charge in [0.1, 0.15) is 10.8 Å². The number of piperazine rings is 1. The predicted octanol–water partition coefficient (Wildman–Crippen LogP) is 3.76. The van der Waals surface area contributed by atoms with Crippen LogP contribution in [0.1, 0.15) is 0 Å². The summed E-state index contributed by atoms with van der Waals surface area (Å²) >= 11 is 6.23. The van der Waals surface area contributed by atoms with Crippen molar-refractivity contribution in [1.29, 1.82) is 0 Å². The largest absolute Gasteiger partial charge is 0.368 e. The fraction of sp³-hybridized carbons (Fsp3) is 0.250. The zero-order chi connectivity index (χ0) is 19.3. The molecule has 0 aliphatic carbocycles. The van der Waals surface area contributed by atoms with Crippen LogP contribution in [0, 0.1) is 0 Å². The first kappa shape index (κ1) is 18.5. The predicted molar refractivity (Wildman–Crippen MR) is 114 cm³/mol. The highest BCUT2D eigenvalue weighted by Gasteiger charge is 2.14. The van der Waals surface area contributed by atoms with Gasteiger partial charge in [-0.1, -0.05) is 29.8 Å². The Morgan fingerprint density at radius 3 is 2.39 bits per heavy atom. The average molecular weight is 396 g/mol. The Morgan fingerprint density at radius 2 is 1.68 bits per heavy atom. The summed E-state index contributed by atoms with van der Waals surface area (Å²) in [6.45, 7) is 4.16. The number of benzene rings is 1. The average Bonchev–Trinajstić information content (AvgIpc) is 2.73. The van der Waals surface area contributed by atoms with E-state index in [0.29, 0.717) is 22.6 Å². The van der Waals surface area contributed by atoms with Crippen LogP contribution in [0.4, 0.5) is 29.0 Å². The molecular formula is C20H22ClN7. The number of para-hydroxylation sites is 1. The first-order chi connectivity index (χ1) is 13.7. The van der Waals surface area contributed by atoms with E-state index in [-0.39, 0.29) is 0 Å². The van der Waals surface area contributed by atoms with Crippen LogP contribution in [-0.4, -0.2) is 53.1 Å². The van der Waals surface area contributed by atoms with Crippen molar-refractivity contribution < 1.29 is 0 Å². The highest BCUT2D eigenvalue weighted by molar-refractivity contribution is 6.32. The van der Waals surface area contributed by atoms with Crippen molar-refractivity contribution in [1.82, 2.24) is 19.9 Å². The summed E-state index contributed by atoms with van der Waals surface area (Å²) in [6, 6.07) is 13.8. The highest BCUT2D eigenvalue weighted by Crippen LogP contribution is 2.25. The fourth-order valence-corrected chi connectivity index (χ4v) is 3.14. The van der Waals surface area contributed by atoms with Crippen molar-refractivity contribution >= 4 is 40.6 Å². The zero-order valence-corrected chi connectivity index (χ0v) is 16.4. The monoisotopic (exact) mass is 395 g/mol. The van der Waals surface area contributed by atoms with Crippen LogP contribution >= 0.6 is 11.6 Å². The second kappa shape index (κ2) is 8.41. The molecular weight excluding hydrogens is 374 g/mol. The lowest BCUT2D eigenvalue weighted by atomic mass is 10.3. The molecule has 0 amide bonds. The van der Waals surface area contributed by atoms with E-state index >= 15 is 0 Å². The lowest BCUT2D eigenvalue weighted by Gasteiger charge is -2.33. The molecule has 4 rings (SSSR count). The molecule has 28 heavy (non-hydrogen) atoms. The van der Waals surface area contributed by atoms with Crippen molar-refractivity contribution in [3.63, 3.8) is 0 Å². The van der Waals surface area contributed by atoms with Crippen LogP contribution in [-0.2, 0) is 0 Å². The maximum Gasteiger partial charge on any atom is 0.230 e. The van der Waals surface area contributed by atoms with Crippen molar-refractivity contribution in [3.8, 4) is 0 Å². The molecule has 3 heterocycles. The third-order valence-electron chi connectivity index (χ3n) is 4.64. The molecule has 1 saturated heterocycles. The second-order valence-electron chi connectivity index (χ2n) is 6.70. The first-order valence-corrected chi connectivity index (χ1v) is 9.56. The fourth-order valence-electron chi connectivity index (χ4n) is 3.00. The minimum atomic E-state index is 0.433. The van der Waals surface area contributed by atoms with Crippen LogP contribution in [0.2, 0.25) is 5.02 Å². The number of nitrogens with zero attached hydrogens (tertiary/aromatic N) is 5. The molecule has 7 nitrogen and oxygen atoms in total. The number of likely N-dealkylation sites (N-methyl/N-ethyl adjacent to an activating group) is 1. The summed E-state index contributed by atoms with van der Waals surface area (Å²) < 4.78 is 0. The standard InChI is InChI=1S/C20H22ClN7/c1-27-9-11-28(12-10-27)16-7-8-18(22-13-16)25-20-23-14-17(21)19(26-20)24-15-5-3-2-4-6-15/h2-8,13-14H,9-12H2,1H3,(H2,22,23,24,25,26). The van der Waals surface area contributed by atoms with Crippen molar-refractivity contribution in [2.24, 2.45) is 0 Å². The van der Waals surface area contributed by atoms with E-state index in [2.05, 4.69) is 48.5 Å². The van der Waals surface area contributed by atoms with Gasteiger partial charge in [-0.15, -0.1) is 0 Å². The molecule has 0 saturated carbocycles. The molecule has 1 aromatic carbocycles. The van der Waals surface area contributed by atoms with E-state index in [1.54, 1.807) is 6.20 Å². The Kier molecular flexibility index (Phi) is 5.55. The van der Waals surface area contributed by atoms with E-state index in [4.69, 9.17) is 11.6 Å². The number of halogens is 1. The molecule has 0 spiro atoms. The van der Waals surface area contributed by atoms with E-state index in [9.17, 15) is 0 Å². The van der Waals surface area contributed by atoms with Crippen molar-refractivity contribution in [2.75, 3.05) is 48.8 Å². The number of anilines is 5.